The van der Waals surface area contributed by atoms with Crippen molar-refractivity contribution >= 4 is 5.52 Å². The van der Waals surface area contributed by atoms with Crippen molar-refractivity contribution in [3.63, 3.8) is 0 Å². The van der Waals surface area contributed by atoms with Crippen molar-refractivity contribution in [1.82, 2.24) is 9.38 Å². The number of rotatable bonds is 3. The largest absolute Gasteiger partial charge is 0.482 e. The summed E-state index contributed by atoms with van der Waals surface area (Å²) in [5.74, 6) is 1.94. The second kappa shape index (κ2) is 4.14. The first-order chi connectivity index (χ1) is 7.69. The van der Waals surface area contributed by atoms with Crippen LogP contribution in [-0.4, -0.2) is 21.6 Å². The topological polar surface area (TPSA) is 46.8 Å². The Bertz CT molecular complexity index is 503. The fourth-order valence-corrected chi connectivity index (χ4v) is 1.86. The normalized spacial score (nSPS) is 11.3. The van der Waals surface area contributed by atoms with E-state index in [1.165, 1.54) is 0 Å². The summed E-state index contributed by atoms with van der Waals surface area (Å²) < 4.78 is 7.27. The highest BCUT2D eigenvalue weighted by molar-refractivity contribution is 5.55. The van der Waals surface area contributed by atoms with Crippen LogP contribution in [0.15, 0.2) is 18.2 Å². The minimum atomic E-state index is -0.0522. The number of fused-ring (bicyclic) bond motifs is 1. The van der Waals surface area contributed by atoms with Crippen molar-refractivity contribution < 1.29 is 9.84 Å². The summed E-state index contributed by atoms with van der Waals surface area (Å²) in [6.07, 6.45) is 0. The maximum atomic E-state index is 9.28. The molecule has 86 valence electrons. The number of nitrogens with zero attached hydrogens (tertiary/aromatic N) is 2. The van der Waals surface area contributed by atoms with Crippen molar-refractivity contribution in [1.29, 1.82) is 0 Å². The molecule has 0 radical (unpaired) electrons. The summed E-state index contributed by atoms with van der Waals surface area (Å²) in [6, 6.07) is 5.73. The van der Waals surface area contributed by atoms with E-state index in [0.29, 0.717) is 5.69 Å². The highest BCUT2D eigenvalue weighted by Crippen LogP contribution is 2.24. The van der Waals surface area contributed by atoms with Crippen molar-refractivity contribution in [3.8, 4) is 5.88 Å². The van der Waals surface area contributed by atoms with Crippen LogP contribution in [0.1, 0.15) is 31.3 Å². The molecule has 0 fully saturated rings. The number of aromatic nitrogens is 2. The minimum absolute atomic E-state index is 0.0522. The fourth-order valence-electron chi connectivity index (χ4n) is 1.86. The molecule has 2 aromatic heterocycles. The molecule has 0 unspecified atom stereocenters. The zero-order valence-corrected chi connectivity index (χ0v) is 9.77. The number of hydrogen-bond acceptors (Lipinski definition) is 3. The molecule has 0 saturated carbocycles. The first-order valence-corrected chi connectivity index (χ1v) is 5.34. The molecule has 2 aromatic rings. The van der Waals surface area contributed by atoms with Crippen molar-refractivity contribution in [3.05, 3.63) is 29.7 Å². The van der Waals surface area contributed by atoms with Gasteiger partial charge in [-0.25, -0.2) is 4.98 Å². The molecule has 0 aromatic carbocycles. The van der Waals surface area contributed by atoms with Gasteiger partial charge in [0.25, 0.3) is 0 Å². The quantitative estimate of drug-likeness (QED) is 0.860. The third-order valence-corrected chi connectivity index (χ3v) is 2.60. The SMILES string of the molecule is COc1cccc2c(CO)nc(C(C)C)n12. The second-order valence-electron chi connectivity index (χ2n) is 4.02. The van der Waals surface area contributed by atoms with Gasteiger partial charge in [-0.05, 0) is 12.1 Å². The molecule has 16 heavy (non-hydrogen) atoms. The van der Waals surface area contributed by atoms with Crippen LogP contribution in [0.4, 0.5) is 0 Å². The van der Waals surface area contributed by atoms with E-state index in [9.17, 15) is 5.11 Å². The smallest absolute Gasteiger partial charge is 0.199 e. The molecule has 1 N–H and O–H groups in total. The molecule has 0 bridgehead atoms. The summed E-state index contributed by atoms with van der Waals surface area (Å²) in [5.41, 5.74) is 1.60. The summed E-state index contributed by atoms with van der Waals surface area (Å²) in [7, 11) is 1.64. The number of aliphatic hydroxyl groups excluding tert-OH is 1. The molecule has 0 aliphatic rings. The lowest BCUT2D eigenvalue weighted by atomic mass is 10.2. The van der Waals surface area contributed by atoms with Gasteiger partial charge in [0.05, 0.1) is 24.9 Å². The van der Waals surface area contributed by atoms with Gasteiger partial charge in [-0.2, -0.15) is 0 Å². The van der Waals surface area contributed by atoms with E-state index in [0.717, 1.165) is 17.2 Å². The maximum absolute atomic E-state index is 9.28. The Morgan fingerprint density at radius 2 is 2.19 bits per heavy atom. The van der Waals surface area contributed by atoms with Crippen LogP contribution in [0.3, 0.4) is 0 Å². The molecule has 2 heterocycles. The number of aliphatic hydroxyl groups is 1. The summed E-state index contributed by atoms with van der Waals surface area (Å²) in [4.78, 5) is 4.45. The van der Waals surface area contributed by atoms with E-state index in [1.54, 1.807) is 7.11 Å². The number of hydrogen-bond donors (Lipinski definition) is 1. The third-order valence-electron chi connectivity index (χ3n) is 2.60. The number of imidazole rings is 1. The Labute approximate surface area is 94.5 Å². The van der Waals surface area contributed by atoms with Crippen LogP contribution in [0.5, 0.6) is 5.88 Å². The van der Waals surface area contributed by atoms with Gasteiger partial charge in [-0.15, -0.1) is 0 Å². The van der Waals surface area contributed by atoms with Gasteiger partial charge in [0.2, 0.25) is 0 Å². The molecule has 0 saturated heterocycles. The Morgan fingerprint density at radius 1 is 1.44 bits per heavy atom. The monoisotopic (exact) mass is 220 g/mol. The molecule has 4 heteroatoms. The zero-order chi connectivity index (χ0) is 11.7. The molecule has 0 aliphatic carbocycles. The summed E-state index contributed by atoms with van der Waals surface area (Å²) >= 11 is 0. The molecule has 0 atom stereocenters. The number of pyridine rings is 1. The van der Waals surface area contributed by atoms with E-state index >= 15 is 0 Å². The summed E-state index contributed by atoms with van der Waals surface area (Å²) in [6.45, 7) is 4.09. The van der Waals surface area contributed by atoms with Gasteiger partial charge in [0, 0.05) is 5.92 Å². The van der Waals surface area contributed by atoms with Crippen LogP contribution in [0, 0.1) is 0 Å². The Hall–Kier alpha value is -1.55. The van der Waals surface area contributed by atoms with Crippen molar-refractivity contribution in [2.75, 3.05) is 7.11 Å². The molecule has 0 spiro atoms. The van der Waals surface area contributed by atoms with Gasteiger partial charge >= 0.3 is 0 Å². The highest BCUT2D eigenvalue weighted by Gasteiger charge is 2.15. The second-order valence-corrected chi connectivity index (χ2v) is 4.02. The highest BCUT2D eigenvalue weighted by atomic mass is 16.5. The van der Waals surface area contributed by atoms with E-state index in [2.05, 4.69) is 18.8 Å². The molecular formula is C12H16N2O2. The van der Waals surface area contributed by atoms with Crippen LogP contribution in [-0.2, 0) is 6.61 Å². The maximum Gasteiger partial charge on any atom is 0.199 e. The minimum Gasteiger partial charge on any atom is -0.482 e. The Kier molecular flexibility index (Phi) is 2.83. The van der Waals surface area contributed by atoms with Crippen LogP contribution in [0.2, 0.25) is 0 Å². The van der Waals surface area contributed by atoms with Gasteiger partial charge in [0.15, 0.2) is 5.88 Å². The molecule has 0 amide bonds. The lowest BCUT2D eigenvalue weighted by molar-refractivity contribution is 0.278. The lowest BCUT2D eigenvalue weighted by Gasteiger charge is -2.08. The predicted molar refractivity (Wildman–Crippen MR) is 61.8 cm³/mol. The number of methoxy groups -OCH3 is 1. The van der Waals surface area contributed by atoms with Crippen LogP contribution in [0.25, 0.3) is 5.52 Å². The van der Waals surface area contributed by atoms with Gasteiger partial charge < -0.3 is 9.84 Å². The average Bonchev–Trinajstić information content (AvgIpc) is 2.67. The van der Waals surface area contributed by atoms with Gasteiger partial charge in [-0.3, -0.25) is 4.40 Å². The van der Waals surface area contributed by atoms with E-state index in [4.69, 9.17) is 4.74 Å². The van der Waals surface area contributed by atoms with Crippen molar-refractivity contribution in [2.24, 2.45) is 0 Å². The fraction of sp³-hybridized carbons (Fsp3) is 0.417. The molecule has 0 aliphatic heterocycles. The van der Waals surface area contributed by atoms with E-state index in [1.807, 2.05) is 22.6 Å². The number of ether oxygens (including phenoxy) is 1. The predicted octanol–water partition coefficient (Wildman–Crippen LogP) is 1.96. The standard InChI is InChI=1S/C12H16N2O2/c1-8(2)12-13-9(7-15)10-5-4-6-11(16-3)14(10)12/h4-6,8,15H,7H2,1-3H3. The molecule has 4 nitrogen and oxygen atoms in total. The molecule has 2 rings (SSSR count). The Morgan fingerprint density at radius 3 is 2.75 bits per heavy atom. The van der Waals surface area contributed by atoms with E-state index < -0.39 is 0 Å². The van der Waals surface area contributed by atoms with Gasteiger partial charge in [-0.1, -0.05) is 19.9 Å². The zero-order valence-electron chi connectivity index (χ0n) is 9.77. The first-order valence-electron chi connectivity index (χ1n) is 5.34. The van der Waals surface area contributed by atoms with Crippen LogP contribution >= 0.6 is 0 Å². The first kappa shape index (κ1) is 11.0. The van der Waals surface area contributed by atoms with Gasteiger partial charge in [0.1, 0.15) is 5.82 Å². The lowest BCUT2D eigenvalue weighted by Crippen LogP contribution is -2.00. The third kappa shape index (κ3) is 1.55. The molecular weight excluding hydrogens is 204 g/mol. The summed E-state index contributed by atoms with van der Waals surface area (Å²) in [5, 5.41) is 9.28. The Balaban J connectivity index is 2.80. The van der Waals surface area contributed by atoms with Crippen molar-refractivity contribution in [2.45, 2.75) is 26.4 Å². The van der Waals surface area contributed by atoms with Crippen LogP contribution < -0.4 is 4.74 Å². The average molecular weight is 220 g/mol. The van der Waals surface area contributed by atoms with E-state index in [-0.39, 0.29) is 12.5 Å².